The van der Waals surface area contributed by atoms with E-state index in [1.165, 1.54) is 51.4 Å². The van der Waals surface area contributed by atoms with Gasteiger partial charge in [0, 0.05) is 18.1 Å². The first kappa shape index (κ1) is 14.3. The van der Waals surface area contributed by atoms with E-state index in [0.717, 1.165) is 24.4 Å². The fraction of sp³-hybridized carbons (Fsp3) is 1.00. The zero-order valence-corrected chi connectivity index (χ0v) is 12.6. The lowest BCUT2D eigenvalue weighted by molar-refractivity contribution is 0.0294. The number of nitrogens with zero attached hydrogens (tertiary/aromatic N) is 1. The summed E-state index contributed by atoms with van der Waals surface area (Å²) in [6.07, 6.45) is 11.0. The van der Waals surface area contributed by atoms with Gasteiger partial charge in [-0.05, 0) is 63.8 Å². The van der Waals surface area contributed by atoms with Crippen molar-refractivity contribution < 1.29 is 0 Å². The Hall–Kier alpha value is -0.0800. The molecule has 1 atom stereocenters. The lowest BCUT2D eigenvalue weighted by Gasteiger charge is -2.47. The van der Waals surface area contributed by atoms with Crippen molar-refractivity contribution in [1.29, 1.82) is 0 Å². The molecule has 2 N–H and O–H groups in total. The molecule has 0 aromatic heterocycles. The maximum Gasteiger partial charge on any atom is 0.0357 e. The Balaban J connectivity index is 1.98. The van der Waals surface area contributed by atoms with Gasteiger partial charge < -0.3 is 5.73 Å². The molecule has 2 fully saturated rings. The second-order valence-corrected chi connectivity index (χ2v) is 6.63. The monoisotopic (exact) mass is 252 g/mol. The van der Waals surface area contributed by atoms with Crippen molar-refractivity contribution in [3.63, 3.8) is 0 Å². The molecule has 0 amide bonds. The highest BCUT2D eigenvalue weighted by Gasteiger charge is 2.47. The molecule has 0 saturated heterocycles. The van der Waals surface area contributed by atoms with Gasteiger partial charge >= 0.3 is 0 Å². The van der Waals surface area contributed by atoms with E-state index in [1.807, 2.05) is 0 Å². The van der Waals surface area contributed by atoms with Crippen LogP contribution in [0.4, 0.5) is 0 Å². The molecule has 2 saturated carbocycles. The molecule has 1 unspecified atom stereocenters. The van der Waals surface area contributed by atoms with Gasteiger partial charge in [-0.1, -0.05) is 20.3 Å². The smallest absolute Gasteiger partial charge is 0.0357 e. The maximum absolute atomic E-state index is 6.18. The molecular weight excluding hydrogens is 220 g/mol. The van der Waals surface area contributed by atoms with Crippen LogP contribution in [0.5, 0.6) is 0 Å². The van der Waals surface area contributed by atoms with Crippen molar-refractivity contribution in [2.45, 2.75) is 76.8 Å². The highest BCUT2D eigenvalue weighted by Crippen LogP contribution is 2.46. The molecule has 2 heteroatoms. The summed E-state index contributed by atoms with van der Waals surface area (Å²) < 4.78 is 0. The first-order valence-electron chi connectivity index (χ1n) is 8.11. The fourth-order valence-corrected chi connectivity index (χ4v) is 4.21. The Kier molecular flexibility index (Phi) is 4.71. The van der Waals surface area contributed by atoms with E-state index in [1.54, 1.807) is 0 Å². The zero-order chi connectivity index (χ0) is 13.2. The van der Waals surface area contributed by atoms with Crippen molar-refractivity contribution in [2.75, 3.05) is 13.6 Å². The Morgan fingerprint density at radius 3 is 2.06 bits per heavy atom. The average Bonchev–Trinajstić information content (AvgIpc) is 3.26. The normalized spacial score (nSPS) is 32.5. The third kappa shape index (κ3) is 2.60. The molecule has 2 aliphatic carbocycles. The van der Waals surface area contributed by atoms with Crippen molar-refractivity contribution in [3.8, 4) is 0 Å². The topological polar surface area (TPSA) is 29.3 Å². The van der Waals surface area contributed by atoms with Gasteiger partial charge in [0.2, 0.25) is 0 Å². The van der Waals surface area contributed by atoms with Gasteiger partial charge in [-0.15, -0.1) is 0 Å². The van der Waals surface area contributed by atoms with Crippen LogP contribution < -0.4 is 5.73 Å². The summed E-state index contributed by atoms with van der Waals surface area (Å²) in [5.74, 6) is 1.87. The summed E-state index contributed by atoms with van der Waals surface area (Å²) in [6.45, 7) is 5.52. The number of likely N-dealkylation sites (N-methyl/N-ethyl adjacent to an activating group) is 1. The molecule has 2 nitrogen and oxygen atoms in total. The molecule has 0 aromatic carbocycles. The molecule has 0 aromatic rings. The first-order valence-corrected chi connectivity index (χ1v) is 8.11. The van der Waals surface area contributed by atoms with Crippen LogP contribution in [0.3, 0.4) is 0 Å². The largest absolute Gasteiger partial charge is 0.329 e. The minimum atomic E-state index is 0.309. The van der Waals surface area contributed by atoms with E-state index in [-0.39, 0.29) is 0 Å². The lowest BCUT2D eigenvalue weighted by atomic mass is 9.80. The van der Waals surface area contributed by atoms with Gasteiger partial charge in [0.15, 0.2) is 0 Å². The van der Waals surface area contributed by atoms with Gasteiger partial charge in [-0.2, -0.15) is 0 Å². The van der Waals surface area contributed by atoms with Gasteiger partial charge in [-0.25, -0.2) is 0 Å². The quantitative estimate of drug-likeness (QED) is 0.785. The Morgan fingerprint density at radius 1 is 1.06 bits per heavy atom. The molecule has 106 valence electrons. The highest BCUT2D eigenvalue weighted by molar-refractivity contribution is 5.03. The molecule has 0 spiro atoms. The summed E-state index contributed by atoms with van der Waals surface area (Å²) in [5.41, 5.74) is 6.49. The van der Waals surface area contributed by atoms with Crippen LogP contribution in [-0.4, -0.2) is 30.1 Å². The van der Waals surface area contributed by atoms with Gasteiger partial charge in [0.05, 0.1) is 0 Å². The standard InChI is InChI=1S/C16H32N2/c1-4-13-6-10-15(11-7-13)18(3)16(5-2,12-17)14-8-9-14/h13-15H,4-12,17H2,1-3H3. The third-order valence-corrected chi connectivity index (χ3v) is 5.95. The summed E-state index contributed by atoms with van der Waals surface area (Å²) in [7, 11) is 2.35. The summed E-state index contributed by atoms with van der Waals surface area (Å²) in [6, 6.07) is 0.789. The second kappa shape index (κ2) is 5.92. The molecule has 18 heavy (non-hydrogen) atoms. The van der Waals surface area contributed by atoms with E-state index >= 15 is 0 Å². The van der Waals surface area contributed by atoms with Crippen LogP contribution >= 0.6 is 0 Å². The molecule has 0 bridgehead atoms. The fourth-order valence-electron chi connectivity index (χ4n) is 4.21. The van der Waals surface area contributed by atoms with E-state index in [9.17, 15) is 0 Å². The maximum atomic E-state index is 6.18. The van der Waals surface area contributed by atoms with Crippen molar-refractivity contribution >= 4 is 0 Å². The van der Waals surface area contributed by atoms with Crippen LogP contribution in [0.2, 0.25) is 0 Å². The van der Waals surface area contributed by atoms with Gasteiger partial charge in [-0.3, -0.25) is 4.90 Å². The SMILES string of the molecule is CCC1CCC(N(C)C(CC)(CN)C2CC2)CC1. The van der Waals surface area contributed by atoms with Crippen molar-refractivity contribution in [3.05, 3.63) is 0 Å². The Labute approximate surface area is 113 Å². The van der Waals surface area contributed by atoms with Crippen LogP contribution in [0.1, 0.15) is 65.2 Å². The minimum absolute atomic E-state index is 0.309. The van der Waals surface area contributed by atoms with Crippen molar-refractivity contribution in [2.24, 2.45) is 17.6 Å². The number of hydrogen-bond acceptors (Lipinski definition) is 2. The molecule has 0 aliphatic heterocycles. The Morgan fingerprint density at radius 2 is 1.67 bits per heavy atom. The lowest BCUT2D eigenvalue weighted by Crippen LogP contribution is -2.57. The third-order valence-electron chi connectivity index (χ3n) is 5.95. The highest BCUT2D eigenvalue weighted by atomic mass is 15.2. The first-order chi connectivity index (χ1) is 8.67. The Bertz CT molecular complexity index is 248. The van der Waals surface area contributed by atoms with E-state index in [0.29, 0.717) is 5.54 Å². The molecule has 0 heterocycles. The summed E-state index contributed by atoms with van der Waals surface area (Å²) >= 11 is 0. The molecule has 0 radical (unpaired) electrons. The minimum Gasteiger partial charge on any atom is -0.329 e. The van der Waals surface area contributed by atoms with E-state index < -0.39 is 0 Å². The number of hydrogen-bond donors (Lipinski definition) is 1. The van der Waals surface area contributed by atoms with Crippen LogP contribution in [0, 0.1) is 11.8 Å². The molecule has 2 rings (SSSR count). The zero-order valence-electron chi connectivity index (χ0n) is 12.6. The van der Waals surface area contributed by atoms with E-state index in [2.05, 4.69) is 25.8 Å². The summed E-state index contributed by atoms with van der Waals surface area (Å²) in [5, 5.41) is 0. The number of rotatable bonds is 6. The van der Waals surface area contributed by atoms with Crippen molar-refractivity contribution in [1.82, 2.24) is 4.90 Å². The van der Waals surface area contributed by atoms with Crippen LogP contribution in [0.15, 0.2) is 0 Å². The predicted molar refractivity (Wildman–Crippen MR) is 78.6 cm³/mol. The van der Waals surface area contributed by atoms with E-state index in [4.69, 9.17) is 5.73 Å². The second-order valence-electron chi connectivity index (χ2n) is 6.63. The number of nitrogens with two attached hydrogens (primary N) is 1. The summed E-state index contributed by atoms with van der Waals surface area (Å²) in [4.78, 5) is 2.69. The van der Waals surface area contributed by atoms with Crippen LogP contribution in [0.25, 0.3) is 0 Å². The predicted octanol–water partition coefficient (Wildman–Crippen LogP) is 3.40. The van der Waals surface area contributed by atoms with Gasteiger partial charge in [0.25, 0.3) is 0 Å². The average molecular weight is 252 g/mol. The molecule has 2 aliphatic rings. The van der Waals surface area contributed by atoms with Gasteiger partial charge in [0.1, 0.15) is 0 Å². The molecular formula is C16H32N2. The van der Waals surface area contributed by atoms with Crippen LogP contribution in [-0.2, 0) is 0 Å².